The largest absolute Gasteiger partial charge is 0.352 e. The first-order valence-electron chi connectivity index (χ1n) is 11.3. The summed E-state index contributed by atoms with van der Waals surface area (Å²) in [6.45, 7) is 1.38. The SMILES string of the molecule is O=C(NCc1ccc(F)cc1)C1CCN(C(=O)Nc2cccc(C#Cc3ccccc3)c2)CC1. The van der Waals surface area contributed by atoms with Gasteiger partial charge in [-0.25, -0.2) is 9.18 Å². The maximum Gasteiger partial charge on any atom is 0.321 e. The van der Waals surface area contributed by atoms with E-state index in [1.807, 2.05) is 54.6 Å². The highest BCUT2D eigenvalue weighted by Gasteiger charge is 2.27. The van der Waals surface area contributed by atoms with Crippen molar-refractivity contribution < 1.29 is 14.0 Å². The molecule has 0 spiro atoms. The van der Waals surface area contributed by atoms with Crippen LogP contribution in [-0.2, 0) is 11.3 Å². The molecule has 3 aromatic rings. The number of amides is 3. The number of benzene rings is 3. The lowest BCUT2D eigenvalue weighted by Crippen LogP contribution is -2.44. The van der Waals surface area contributed by atoms with Gasteiger partial charge < -0.3 is 15.5 Å². The molecule has 5 nitrogen and oxygen atoms in total. The van der Waals surface area contributed by atoms with Crippen LogP contribution in [0.1, 0.15) is 29.5 Å². The molecule has 0 aromatic heterocycles. The molecule has 3 aromatic carbocycles. The average molecular weight is 456 g/mol. The van der Waals surface area contributed by atoms with Crippen LogP contribution in [0.5, 0.6) is 0 Å². The van der Waals surface area contributed by atoms with Gasteiger partial charge in [-0.2, -0.15) is 0 Å². The number of hydrogen-bond acceptors (Lipinski definition) is 2. The van der Waals surface area contributed by atoms with Gasteiger partial charge in [0.1, 0.15) is 5.82 Å². The van der Waals surface area contributed by atoms with Gasteiger partial charge in [0.2, 0.25) is 5.91 Å². The molecule has 1 saturated heterocycles. The minimum Gasteiger partial charge on any atom is -0.352 e. The van der Waals surface area contributed by atoms with Gasteiger partial charge in [0.25, 0.3) is 0 Å². The van der Waals surface area contributed by atoms with E-state index >= 15 is 0 Å². The molecule has 0 aliphatic carbocycles. The van der Waals surface area contributed by atoms with E-state index in [-0.39, 0.29) is 23.7 Å². The molecule has 0 bridgehead atoms. The van der Waals surface area contributed by atoms with Crippen molar-refractivity contribution in [2.45, 2.75) is 19.4 Å². The Labute approximate surface area is 199 Å². The number of hydrogen-bond donors (Lipinski definition) is 2. The van der Waals surface area contributed by atoms with Crippen LogP contribution in [0.15, 0.2) is 78.9 Å². The predicted octanol–water partition coefficient (Wildman–Crippen LogP) is 4.79. The zero-order chi connectivity index (χ0) is 23.8. The van der Waals surface area contributed by atoms with Gasteiger partial charge in [-0.05, 0) is 60.9 Å². The maximum absolute atomic E-state index is 13.0. The maximum atomic E-state index is 13.0. The lowest BCUT2D eigenvalue weighted by atomic mass is 9.96. The number of piperidine rings is 1. The second-order valence-corrected chi connectivity index (χ2v) is 8.23. The van der Waals surface area contributed by atoms with Crippen LogP contribution in [0.4, 0.5) is 14.9 Å². The van der Waals surface area contributed by atoms with Gasteiger partial charge in [0, 0.05) is 42.4 Å². The third kappa shape index (κ3) is 6.46. The smallest absolute Gasteiger partial charge is 0.321 e. The van der Waals surface area contributed by atoms with Gasteiger partial charge in [0.15, 0.2) is 0 Å². The number of nitrogens with zero attached hydrogens (tertiary/aromatic N) is 1. The summed E-state index contributed by atoms with van der Waals surface area (Å²) in [5.41, 5.74) is 3.28. The summed E-state index contributed by atoms with van der Waals surface area (Å²) in [5, 5.41) is 5.84. The van der Waals surface area contributed by atoms with E-state index in [0.717, 1.165) is 16.7 Å². The molecule has 4 rings (SSSR count). The summed E-state index contributed by atoms with van der Waals surface area (Å²) in [5.74, 6) is 5.77. The van der Waals surface area contributed by atoms with Crippen LogP contribution in [0.2, 0.25) is 0 Å². The molecule has 0 unspecified atom stereocenters. The minimum atomic E-state index is -0.299. The quantitative estimate of drug-likeness (QED) is 0.556. The highest BCUT2D eigenvalue weighted by atomic mass is 19.1. The van der Waals surface area contributed by atoms with E-state index in [4.69, 9.17) is 0 Å². The standard InChI is InChI=1S/C28H26FN3O2/c29-25-13-11-23(12-14-25)20-30-27(33)24-15-17-32(18-16-24)28(34)31-26-8-4-7-22(19-26)10-9-21-5-2-1-3-6-21/h1-8,11-14,19,24H,15-18,20H2,(H,30,33)(H,31,34). The van der Waals surface area contributed by atoms with Gasteiger partial charge in [-0.1, -0.05) is 48.2 Å². The summed E-state index contributed by atoms with van der Waals surface area (Å²) in [6.07, 6.45) is 1.20. The number of urea groups is 1. The van der Waals surface area contributed by atoms with Crippen LogP contribution >= 0.6 is 0 Å². The number of likely N-dealkylation sites (tertiary alicyclic amines) is 1. The number of rotatable bonds is 4. The first-order chi connectivity index (χ1) is 16.6. The molecule has 1 fully saturated rings. The van der Waals surface area contributed by atoms with Crippen molar-refractivity contribution in [1.29, 1.82) is 0 Å². The fourth-order valence-electron chi connectivity index (χ4n) is 3.82. The van der Waals surface area contributed by atoms with Crippen LogP contribution in [0, 0.1) is 23.6 Å². The summed E-state index contributed by atoms with van der Waals surface area (Å²) >= 11 is 0. The number of nitrogens with one attached hydrogen (secondary N) is 2. The lowest BCUT2D eigenvalue weighted by molar-refractivity contribution is -0.126. The van der Waals surface area contributed by atoms with Crippen molar-refractivity contribution in [3.8, 4) is 11.8 Å². The first-order valence-corrected chi connectivity index (χ1v) is 11.3. The molecule has 1 aliphatic heterocycles. The fraction of sp³-hybridized carbons (Fsp3) is 0.214. The average Bonchev–Trinajstić information content (AvgIpc) is 2.88. The molecule has 1 aliphatic rings. The molecule has 0 radical (unpaired) electrons. The fourth-order valence-corrected chi connectivity index (χ4v) is 3.82. The summed E-state index contributed by atoms with van der Waals surface area (Å²) in [6, 6.07) is 23.1. The van der Waals surface area contributed by atoms with Crippen LogP contribution in [0.3, 0.4) is 0 Å². The Morgan fingerprint density at radius 3 is 2.29 bits per heavy atom. The van der Waals surface area contributed by atoms with Crippen LogP contribution in [-0.4, -0.2) is 29.9 Å². The summed E-state index contributed by atoms with van der Waals surface area (Å²) in [4.78, 5) is 26.9. The van der Waals surface area contributed by atoms with Gasteiger partial charge >= 0.3 is 6.03 Å². The molecule has 0 saturated carbocycles. The third-order valence-electron chi connectivity index (χ3n) is 5.77. The van der Waals surface area contributed by atoms with Crippen LogP contribution in [0.25, 0.3) is 0 Å². The van der Waals surface area contributed by atoms with E-state index in [1.165, 1.54) is 12.1 Å². The monoisotopic (exact) mass is 455 g/mol. The molecule has 6 heteroatoms. The first kappa shape index (κ1) is 23.1. The summed E-state index contributed by atoms with van der Waals surface area (Å²) in [7, 11) is 0. The Hall–Kier alpha value is -4.11. The van der Waals surface area contributed by atoms with Crippen molar-refractivity contribution in [3.05, 3.63) is 101 Å². The summed E-state index contributed by atoms with van der Waals surface area (Å²) < 4.78 is 13.0. The Morgan fingerprint density at radius 2 is 1.56 bits per heavy atom. The molecule has 34 heavy (non-hydrogen) atoms. The van der Waals surface area contributed by atoms with Gasteiger partial charge in [0.05, 0.1) is 0 Å². The zero-order valence-electron chi connectivity index (χ0n) is 18.8. The van der Waals surface area contributed by atoms with E-state index in [2.05, 4.69) is 22.5 Å². The molecular weight excluding hydrogens is 429 g/mol. The molecule has 0 atom stereocenters. The Morgan fingerprint density at radius 1 is 0.882 bits per heavy atom. The highest BCUT2D eigenvalue weighted by Crippen LogP contribution is 2.19. The Kier molecular flexibility index (Phi) is 7.56. The van der Waals surface area contributed by atoms with Crippen molar-refractivity contribution >= 4 is 17.6 Å². The topological polar surface area (TPSA) is 61.4 Å². The van der Waals surface area contributed by atoms with E-state index < -0.39 is 0 Å². The molecule has 172 valence electrons. The molecule has 2 N–H and O–H groups in total. The molecular formula is C28H26FN3O2. The number of carbonyl (C=O) groups is 2. The normalized spacial score (nSPS) is 13.5. The third-order valence-corrected chi connectivity index (χ3v) is 5.77. The highest BCUT2D eigenvalue weighted by molar-refractivity contribution is 5.90. The lowest BCUT2D eigenvalue weighted by Gasteiger charge is -2.31. The number of anilines is 1. The van der Waals surface area contributed by atoms with Gasteiger partial charge in [-0.3, -0.25) is 4.79 Å². The van der Waals surface area contributed by atoms with E-state index in [0.29, 0.717) is 38.2 Å². The number of halogens is 1. The second-order valence-electron chi connectivity index (χ2n) is 8.23. The van der Waals surface area contributed by atoms with Crippen molar-refractivity contribution in [1.82, 2.24) is 10.2 Å². The zero-order valence-corrected chi connectivity index (χ0v) is 18.8. The van der Waals surface area contributed by atoms with Gasteiger partial charge in [-0.15, -0.1) is 0 Å². The van der Waals surface area contributed by atoms with E-state index in [9.17, 15) is 14.0 Å². The van der Waals surface area contributed by atoms with Crippen LogP contribution < -0.4 is 10.6 Å². The van der Waals surface area contributed by atoms with Crippen molar-refractivity contribution in [2.75, 3.05) is 18.4 Å². The Bertz CT molecular complexity index is 1190. The molecule has 3 amide bonds. The Balaban J connectivity index is 1.25. The minimum absolute atomic E-state index is 0.0333. The molecule has 1 heterocycles. The van der Waals surface area contributed by atoms with E-state index in [1.54, 1.807) is 17.0 Å². The van der Waals surface area contributed by atoms with Crippen molar-refractivity contribution in [2.24, 2.45) is 5.92 Å². The predicted molar refractivity (Wildman–Crippen MR) is 130 cm³/mol. The number of carbonyl (C=O) groups excluding carboxylic acids is 2. The van der Waals surface area contributed by atoms with Crippen molar-refractivity contribution in [3.63, 3.8) is 0 Å². The second kappa shape index (κ2) is 11.2.